The summed E-state index contributed by atoms with van der Waals surface area (Å²) in [6.45, 7) is 4.16. The first-order valence-electron chi connectivity index (χ1n) is 4.98. The van der Waals surface area contributed by atoms with Crippen LogP contribution in [0.4, 0.5) is 0 Å². The summed E-state index contributed by atoms with van der Waals surface area (Å²) in [5.41, 5.74) is -0.410. The van der Waals surface area contributed by atoms with Crippen molar-refractivity contribution in [3.8, 4) is 0 Å². The zero-order chi connectivity index (χ0) is 8.77. The molecule has 0 aromatic rings. The fraction of sp³-hybridized carbons (Fsp3) is 0.818. The lowest BCUT2D eigenvalue weighted by molar-refractivity contribution is -0.0529. The fourth-order valence-corrected chi connectivity index (χ4v) is 2.66. The van der Waals surface area contributed by atoms with Crippen LogP contribution in [0.3, 0.4) is 0 Å². The van der Waals surface area contributed by atoms with Crippen molar-refractivity contribution in [1.29, 1.82) is 0 Å². The molecule has 2 aliphatic carbocycles. The molecule has 1 nitrogen and oxygen atoms in total. The number of rotatable bonds is 0. The van der Waals surface area contributed by atoms with E-state index in [0.29, 0.717) is 5.92 Å². The molecule has 0 aromatic carbocycles. The molecule has 1 N–H and O–H groups in total. The highest BCUT2D eigenvalue weighted by Crippen LogP contribution is 2.45. The quantitative estimate of drug-likeness (QED) is 0.548. The zero-order valence-corrected chi connectivity index (χ0v) is 7.96. The first-order chi connectivity index (χ1) is 5.59. The summed E-state index contributed by atoms with van der Waals surface area (Å²) in [7, 11) is 0. The lowest BCUT2D eigenvalue weighted by atomic mass is 9.68. The van der Waals surface area contributed by atoms with E-state index in [-0.39, 0.29) is 0 Å². The van der Waals surface area contributed by atoms with E-state index in [1.54, 1.807) is 0 Å². The van der Waals surface area contributed by atoms with Crippen LogP contribution in [0.2, 0.25) is 0 Å². The van der Waals surface area contributed by atoms with Gasteiger partial charge >= 0.3 is 0 Å². The number of aliphatic hydroxyl groups is 1. The van der Waals surface area contributed by atoms with Gasteiger partial charge in [0.1, 0.15) is 0 Å². The third-order valence-electron chi connectivity index (χ3n) is 3.79. The number of allylic oxidation sites excluding steroid dienone is 2. The van der Waals surface area contributed by atoms with E-state index in [2.05, 4.69) is 19.1 Å². The van der Waals surface area contributed by atoms with E-state index in [4.69, 9.17) is 0 Å². The Morgan fingerprint density at radius 3 is 3.00 bits per heavy atom. The monoisotopic (exact) mass is 166 g/mol. The standard InChI is InChI=1S/C11H18O/c1-8-6-9-4-3-5-10(9)7-11(8,2)12/h3-4,8-10,12H,5-7H2,1-2H3/t8-,9+,10-,11-/m0/s1. The lowest BCUT2D eigenvalue weighted by Crippen LogP contribution is -2.41. The summed E-state index contributed by atoms with van der Waals surface area (Å²) in [5, 5.41) is 10.1. The number of hydrogen-bond acceptors (Lipinski definition) is 1. The molecule has 4 atom stereocenters. The highest BCUT2D eigenvalue weighted by Gasteiger charge is 2.41. The Labute approximate surface area is 74.5 Å². The Balaban J connectivity index is 2.12. The van der Waals surface area contributed by atoms with Crippen LogP contribution >= 0.6 is 0 Å². The van der Waals surface area contributed by atoms with Crippen molar-refractivity contribution in [1.82, 2.24) is 0 Å². The van der Waals surface area contributed by atoms with Crippen molar-refractivity contribution in [2.24, 2.45) is 17.8 Å². The van der Waals surface area contributed by atoms with Crippen molar-refractivity contribution >= 4 is 0 Å². The van der Waals surface area contributed by atoms with E-state index in [9.17, 15) is 5.11 Å². The van der Waals surface area contributed by atoms with Crippen molar-refractivity contribution < 1.29 is 5.11 Å². The SMILES string of the molecule is C[C@H]1C[C@H]2C=CC[C@H]2C[C@]1(C)O. The molecule has 0 aromatic heterocycles. The molecule has 0 spiro atoms. The van der Waals surface area contributed by atoms with Crippen molar-refractivity contribution in [2.75, 3.05) is 0 Å². The van der Waals surface area contributed by atoms with Gasteiger partial charge in [0.2, 0.25) is 0 Å². The topological polar surface area (TPSA) is 20.2 Å². The summed E-state index contributed by atoms with van der Waals surface area (Å²) in [6, 6.07) is 0. The van der Waals surface area contributed by atoms with Gasteiger partial charge in [-0.1, -0.05) is 19.1 Å². The van der Waals surface area contributed by atoms with E-state index < -0.39 is 5.60 Å². The van der Waals surface area contributed by atoms with Gasteiger partial charge in [-0.2, -0.15) is 0 Å². The van der Waals surface area contributed by atoms with Crippen molar-refractivity contribution in [3.63, 3.8) is 0 Å². The molecule has 0 bridgehead atoms. The Hall–Kier alpha value is -0.300. The van der Waals surface area contributed by atoms with Gasteiger partial charge in [0.15, 0.2) is 0 Å². The average Bonchev–Trinajstić information content (AvgIpc) is 2.35. The Bertz CT molecular complexity index is 205. The predicted molar refractivity (Wildman–Crippen MR) is 49.8 cm³/mol. The highest BCUT2D eigenvalue weighted by atomic mass is 16.3. The third kappa shape index (κ3) is 1.20. The minimum Gasteiger partial charge on any atom is -0.390 e. The summed E-state index contributed by atoms with van der Waals surface area (Å²) in [5.74, 6) is 1.96. The summed E-state index contributed by atoms with van der Waals surface area (Å²) < 4.78 is 0. The van der Waals surface area contributed by atoms with Gasteiger partial charge in [-0.25, -0.2) is 0 Å². The molecule has 1 fully saturated rings. The number of fused-ring (bicyclic) bond motifs is 1. The van der Waals surface area contributed by atoms with Gasteiger partial charge in [-0.3, -0.25) is 0 Å². The lowest BCUT2D eigenvalue weighted by Gasteiger charge is -2.41. The molecule has 1 saturated carbocycles. The first kappa shape index (κ1) is 8.31. The largest absolute Gasteiger partial charge is 0.390 e. The molecule has 0 unspecified atom stereocenters. The minimum absolute atomic E-state index is 0.410. The van der Waals surface area contributed by atoms with Crippen molar-refractivity contribution in [2.45, 2.75) is 38.7 Å². The molecule has 68 valence electrons. The van der Waals surface area contributed by atoms with Gasteiger partial charge in [0.25, 0.3) is 0 Å². The highest BCUT2D eigenvalue weighted by molar-refractivity contribution is 5.07. The van der Waals surface area contributed by atoms with E-state index in [1.165, 1.54) is 12.8 Å². The van der Waals surface area contributed by atoms with E-state index in [0.717, 1.165) is 18.3 Å². The van der Waals surface area contributed by atoms with Crippen LogP contribution in [0.1, 0.15) is 33.1 Å². The van der Waals surface area contributed by atoms with Gasteiger partial charge < -0.3 is 5.11 Å². The summed E-state index contributed by atoms with van der Waals surface area (Å²) in [6.07, 6.45) is 7.98. The van der Waals surface area contributed by atoms with Crippen LogP contribution in [-0.4, -0.2) is 10.7 Å². The summed E-state index contributed by atoms with van der Waals surface area (Å²) >= 11 is 0. The van der Waals surface area contributed by atoms with E-state index in [1.807, 2.05) is 6.92 Å². The maximum atomic E-state index is 10.1. The van der Waals surface area contributed by atoms with E-state index >= 15 is 0 Å². The third-order valence-corrected chi connectivity index (χ3v) is 3.79. The first-order valence-corrected chi connectivity index (χ1v) is 4.98. The van der Waals surface area contributed by atoms with Crippen LogP contribution in [0.15, 0.2) is 12.2 Å². The van der Waals surface area contributed by atoms with Gasteiger partial charge in [0, 0.05) is 0 Å². The molecule has 1 heteroatoms. The molecule has 0 heterocycles. The average molecular weight is 166 g/mol. The molecule has 0 amide bonds. The van der Waals surface area contributed by atoms with Crippen LogP contribution in [0, 0.1) is 17.8 Å². The zero-order valence-electron chi connectivity index (χ0n) is 7.96. The number of hydrogen-bond donors (Lipinski definition) is 1. The maximum absolute atomic E-state index is 10.1. The van der Waals surface area contributed by atoms with Gasteiger partial charge in [-0.15, -0.1) is 0 Å². The molecule has 0 saturated heterocycles. The van der Waals surface area contributed by atoms with Gasteiger partial charge in [0.05, 0.1) is 5.60 Å². The van der Waals surface area contributed by atoms with Gasteiger partial charge in [-0.05, 0) is 43.9 Å². The molecule has 12 heavy (non-hydrogen) atoms. The Morgan fingerprint density at radius 1 is 1.50 bits per heavy atom. The second kappa shape index (κ2) is 2.59. The smallest absolute Gasteiger partial charge is 0.0648 e. The molecular weight excluding hydrogens is 148 g/mol. The second-order valence-corrected chi connectivity index (χ2v) is 4.79. The van der Waals surface area contributed by atoms with Crippen LogP contribution < -0.4 is 0 Å². The maximum Gasteiger partial charge on any atom is 0.0648 e. The Morgan fingerprint density at radius 2 is 2.25 bits per heavy atom. The molecule has 2 aliphatic rings. The fourth-order valence-electron chi connectivity index (χ4n) is 2.66. The van der Waals surface area contributed by atoms with Crippen LogP contribution in [-0.2, 0) is 0 Å². The summed E-state index contributed by atoms with van der Waals surface area (Å²) in [4.78, 5) is 0. The predicted octanol–water partition coefficient (Wildman–Crippen LogP) is 2.36. The molecule has 0 aliphatic heterocycles. The molecule has 2 rings (SSSR count). The normalized spacial score (nSPS) is 52.4. The van der Waals surface area contributed by atoms with Crippen LogP contribution in [0.25, 0.3) is 0 Å². The minimum atomic E-state index is -0.410. The van der Waals surface area contributed by atoms with Crippen molar-refractivity contribution in [3.05, 3.63) is 12.2 Å². The molecular formula is C11H18O. The van der Waals surface area contributed by atoms with Crippen LogP contribution in [0.5, 0.6) is 0 Å². The Kier molecular flexibility index (Phi) is 1.80. The second-order valence-electron chi connectivity index (χ2n) is 4.79. The molecule has 0 radical (unpaired) electrons.